The van der Waals surface area contributed by atoms with Crippen LogP contribution in [0.15, 0.2) is 0 Å². The van der Waals surface area contributed by atoms with Crippen LogP contribution in [-0.2, 0) is 66.9 Å². The Balaban J connectivity index is 2.17. The van der Waals surface area contributed by atoms with Gasteiger partial charge in [0.05, 0.1) is 25.7 Å². The Kier molecular flexibility index (Phi) is 24.0. The Labute approximate surface area is 388 Å². The molecular weight excluding hydrogens is 916 g/mol. The standard InChI is InChI=1S/C38H64N10O20/c1-14(33(60)48-19(32(41)59)7-8-24(54)47-20(36(63)43-11-25(55)56)6-5-9-42-35(62)18(39)10-23(40)53)44-34(61)15(2)65-31-27(46-17(4)52)37(64)66-22(13-50)30(31)68-38-26(45-16(3)51)29(58)28(57)21(12-49)67-38/h14-15,18-22,26-31,37-38,49-50,57-58,64H,5-13,39H2,1-4H3,(H2,40,53)(H2,41,59)(H,42,62)(H,43,63)(H,44,61)(H,45,51)(H,46,52)(H,47,54)(H,48,60)(H,55,56). The van der Waals surface area contributed by atoms with Gasteiger partial charge in [0.2, 0.25) is 53.2 Å². The number of carbonyl (C=O) groups excluding carboxylic acids is 9. The fraction of sp³-hybridized carbons (Fsp3) is 0.737. The lowest BCUT2D eigenvalue weighted by Gasteiger charge is -2.48. The molecule has 2 heterocycles. The molecule has 0 aromatic carbocycles. The molecule has 2 aliphatic rings. The molecule has 15 atom stereocenters. The number of carboxylic acids is 1. The number of rotatable bonds is 27. The number of ether oxygens (including phenoxy) is 4. The van der Waals surface area contributed by atoms with Crippen LogP contribution in [0.3, 0.4) is 0 Å². The number of hydrogen-bond acceptors (Lipinski definition) is 20. The number of amides is 9. The third kappa shape index (κ3) is 18.4. The highest BCUT2D eigenvalue weighted by Gasteiger charge is 2.53. The third-order valence-corrected chi connectivity index (χ3v) is 10.4. The van der Waals surface area contributed by atoms with Crippen molar-refractivity contribution in [3.05, 3.63) is 0 Å². The minimum atomic E-state index is -1.90. The summed E-state index contributed by atoms with van der Waals surface area (Å²) in [7, 11) is 0. The second-order valence-corrected chi connectivity index (χ2v) is 15.9. The maximum absolute atomic E-state index is 13.5. The van der Waals surface area contributed by atoms with Gasteiger partial charge in [0.25, 0.3) is 0 Å². The molecule has 30 nitrogen and oxygen atoms in total. The molecule has 0 saturated carbocycles. The lowest BCUT2D eigenvalue weighted by Crippen LogP contribution is -2.70. The zero-order valence-corrected chi connectivity index (χ0v) is 37.7. The molecule has 15 unspecified atom stereocenters. The van der Waals surface area contributed by atoms with Crippen molar-refractivity contribution in [3.8, 4) is 0 Å². The minimum absolute atomic E-state index is 0.0521. The van der Waals surface area contributed by atoms with E-state index in [1.165, 1.54) is 13.8 Å². The van der Waals surface area contributed by atoms with Gasteiger partial charge in [-0.1, -0.05) is 0 Å². The van der Waals surface area contributed by atoms with E-state index in [2.05, 4.69) is 37.2 Å². The summed E-state index contributed by atoms with van der Waals surface area (Å²) in [6.07, 6.45) is -16.4. The van der Waals surface area contributed by atoms with Gasteiger partial charge in [-0.2, -0.15) is 0 Å². The van der Waals surface area contributed by atoms with Crippen LogP contribution < -0.4 is 54.4 Å². The maximum Gasteiger partial charge on any atom is 0.322 e. The highest BCUT2D eigenvalue weighted by atomic mass is 16.7. The van der Waals surface area contributed by atoms with Gasteiger partial charge in [-0.3, -0.25) is 47.9 Å². The second kappa shape index (κ2) is 28.0. The van der Waals surface area contributed by atoms with Crippen LogP contribution in [0.4, 0.5) is 0 Å². The molecule has 68 heavy (non-hydrogen) atoms. The number of aliphatic hydroxyl groups excluding tert-OH is 5. The third-order valence-electron chi connectivity index (χ3n) is 10.4. The van der Waals surface area contributed by atoms with Crippen molar-refractivity contribution >= 4 is 59.1 Å². The van der Waals surface area contributed by atoms with Crippen LogP contribution in [0.5, 0.6) is 0 Å². The van der Waals surface area contributed by atoms with Crippen LogP contribution in [0, 0.1) is 0 Å². The van der Waals surface area contributed by atoms with E-state index in [-0.39, 0.29) is 19.4 Å². The highest BCUT2D eigenvalue weighted by Crippen LogP contribution is 2.31. The van der Waals surface area contributed by atoms with Crippen molar-refractivity contribution in [2.75, 3.05) is 26.3 Å². The summed E-state index contributed by atoms with van der Waals surface area (Å²) in [6.45, 7) is 1.96. The number of carbonyl (C=O) groups is 10. The Bertz CT molecular complexity index is 1800. The molecule has 2 fully saturated rings. The van der Waals surface area contributed by atoms with Crippen molar-refractivity contribution in [1.29, 1.82) is 0 Å². The van der Waals surface area contributed by atoms with Gasteiger partial charge in [0.15, 0.2) is 12.6 Å². The van der Waals surface area contributed by atoms with E-state index >= 15 is 0 Å². The predicted molar refractivity (Wildman–Crippen MR) is 225 cm³/mol. The van der Waals surface area contributed by atoms with Crippen LogP contribution in [0.1, 0.15) is 59.8 Å². The zero-order chi connectivity index (χ0) is 51.6. The summed E-state index contributed by atoms with van der Waals surface area (Å²) in [5.74, 6) is -9.20. The lowest BCUT2D eigenvalue weighted by molar-refractivity contribution is -0.333. The summed E-state index contributed by atoms with van der Waals surface area (Å²) in [5, 5.41) is 77.5. The highest BCUT2D eigenvalue weighted by molar-refractivity contribution is 5.93. The first-order chi connectivity index (χ1) is 31.8. The normalized spacial score (nSPS) is 26.8. The first kappa shape index (κ1) is 58.4. The molecule has 2 rings (SSSR count). The van der Waals surface area contributed by atoms with Crippen LogP contribution in [0.2, 0.25) is 0 Å². The molecule has 9 amide bonds. The van der Waals surface area contributed by atoms with Crippen molar-refractivity contribution in [2.24, 2.45) is 17.2 Å². The summed E-state index contributed by atoms with van der Waals surface area (Å²) in [5.41, 5.74) is 16.1. The number of nitrogens with two attached hydrogens (primary N) is 3. The largest absolute Gasteiger partial charge is 0.480 e. The predicted octanol–water partition coefficient (Wildman–Crippen LogP) is -9.66. The summed E-state index contributed by atoms with van der Waals surface area (Å²) in [6, 6.07) is -8.59. The maximum atomic E-state index is 13.5. The minimum Gasteiger partial charge on any atom is -0.480 e. The van der Waals surface area contributed by atoms with Gasteiger partial charge >= 0.3 is 5.97 Å². The smallest absolute Gasteiger partial charge is 0.322 e. The van der Waals surface area contributed by atoms with Gasteiger partial charge in [0.1, 0.15) is 79.5 Å². The van der Waals surface area contributed by atoms with E-state index in [1.54, 1.807) is 0 Å². The quantitative estimate of drug-likeness (QED) is 0.0340. The molecule has 0 aliphatic carbocycles. The fourth-order valence-corrected chi connectivity index (χ4v) is 6.85. The second-order valence-electron chi connectivity index (χ2n) is 15.9. The van der Waals surface area contributed by atoms with E-state index in [9.17, 15) is 73.5 Å². The molecule has 0 bridgehead atoms. The SMILES string of the molecule is CC(=O)NC1C(OC2C(CO)OC(O)C(NC(C)=O)C2OC(C)C(=O)NC(C)C(=O)NC(CCC(=O)NC(CCCNC(=O)C(N)CC(N)=O)C(=O)NCC(=O)O)C(N)=O)OC(CO)C(O)C1O. The number of carboxylic acid groups (broad SMARTS) is 1. The number of aliphatic hydroxyl groups is 5. The Morgan fingerprint density at radius 3 is 1.88 bits per heavy atom. The van der Waals surface area contributed by atoms with E-state index in [0.717, 1.165) is 13.8 Å². The summed E-state index contributed by atoms with van der Waals surface area (Å²) >= 11 is 0. The fourth-order valence-electron chi connectivity index (χ4n) is 6.85. The molecule has 2 aliphatic heterocycles. The Hall–Kier alpha value is -5.70. The molecule has 2 saturated heterocycles. The van der Waals surface area contributed by atoms with E-state index in [1.807, 2.05) is 0 Å². The molecule has 386 valence electrons. The van der Waals surface area contributed by atoms with Crippen LogP contribution in [0.25, 0.3) is 0 Å². The van der Waals surface area contributed by atoms with E-state index in [4.69, 9.17) is 41.3 Å². The lowest BCUT2D eigenvalue weighted by atomic mass is 9.94. The van der Waals surface area contributed by atoms with Crippen molar-refractivity contribution in [3.63, 3.8) is 0 Å². The molecule has 30 heteroatoms. The molecule has 0 aromatic heterocycles. The molecular formula is C38H64N10O20. The first-order valence-corrected chi connectivity index (χ1v) is 21.2. The van der Waals surface area contributed by atoms with Gasteiger partial charge in [0, 0.05) is 26.8 Å². The van der Waals surface area contributed by atoms with Crippen molar-refractivity contribution in [1.82, 2.24) is 37.2 Å². The Morgan fingerprint density at radius 1 is 0.706 bits per heavy atom. The van der Waals surface area contributed by atoms with Crippen molar-refractivity contribution in [2.45, 2.75) is 151 Å². The number of aliphatic carboxylic acids is 1. The van der Waals surface area contributed by atoms with E-state index < -0.39 is 190 Å². The molecule has 19 N–H and O–H groups in total. The number of primary amides is 2. The van der Waals surface area contributed by atoms with Gasteiger partial charge < -0.3 is 104 Å². The van der Waals surface area contributed by atoms with Gasteiger partial charge in [-0.25, -0.2) is 0 Å². The first-order valence-electron chi connectivity index (χ1n) is 21.2. The van der Waals surface area contributed by atoms with Crippen LogP contribution >= 0.6 is 0 Å². The van der Waals surface area contributed by atoms with Gasteiger partial charge in [-0.05, 0) is 33.1 Å². The van der Waals surface area contributed by atoms with E-state index in [0.29, 0.717) is 0 Å². The number of hydrogen-bond donors (Lipinski definition) is 16. The summed E-state index contributed by atoms with van der Waals surface area (Å²) < 4.78 is 23.1. The average Bonchev–Trinajstić information content (AvgIpc) is 3.25. The molecule has 0 spiro atoms. The number of nitrogens with one attached hydrogen (secondary N) is 7. The summed E-state index contributed by atoms with van der Waals surface area (Å²) in [4.78, 5) is 123. The van der Waals surface area contributed by atoms with Crippen molar-refractivity contribution < 1.29 is 97.5 Å². The zero-order valence-electron chi connectivity index (χ0n) is 37.7. The molecule has 0 radical (unpaired) electrons. The van der Waals surface area contributed by atoms with Crippen LogP contribution in [-0.4, -0.2) is 208 Å². The Morgan fingerprint density at radius 2 is 1.32 bits per heavy atom. The monoisotopic (exact) mass is 980 g/mol. The molecule has 0 aromatic rings. The topological polar surface area (TPSA) is 491 Å². The van der Waals surface area contributed by atoms with Gasteiger partial charge in [-0.15, -0.1) is 0 Å². The average molecular weight is 981 g/mol.